The molecule has 1 nitrogen and oxygen atoms in total. The maximum absolute atomic E-state index is 3.59. The normalized spacial score (nSPS) is 24.6. The van der Waals surface area contributed by atoms with Crippen LogP contribution in [0, 0.1) is 11.8 Å². The van der Waals surface area contributed by atoms with Gasteiger partial charge in [0.05, 0.1) is 0 Å². The van der Waals surface area contributed by atoms with Gasteiger partial charge in [0.2, 0.25) is 0 Å². The van der Waals surface area contributed by atoms with Gasteiger partial charge in [0.15, 0.2) is 0 Å². The molecule has 1 saturated carbocycles. The maximum Gasteiger partial charge on any atom is 0.0346 e. The van der Waals surface area contributed by atoms with Crippen molar-refractivity contribution in [2.24, 2.45) is 11.8 Å². The van der Waals surface area contributed by atoms with E-state index < -0.39 is 0 Å². The second-order valence-electron chi connectivity index (χ2n) is 6.43. The van der Waals surface area contributed by atoms with E-state index in [-0.39, 0.29) is 0 Å². The molecule has 1 aromatic carbocycles. The second kappa shape index (κ2) is 7.83. The molecule has 0 spiro atoms. The van der Waals surface area contributed by atoms with Gasteiger partial charge in [-0.3, -0.25) is 0 Å². The summed E-state index contributed by atoms with van der Waals surface area (Å²) in [6.45, 7) is 4.56. The monoisotopic (exact) mass is 273 g/mol. The van der Waals surface area contributed by atoms with Crippen LogP contribution in [0.5, 0.6) is 0 Å². The van der Waals surface area contributed by atoms with Crippen molar-refractivity contribution in [3.8, 4) is 0 Å². The van der Waals surface area contributed by atoms with Crippen molar-refractivity contribution in [2.45, 2.75) is 64.8 Å². The van der Waals surface area contributed by atoms with E-state index in [0.717, 1.165) is 18.3 Å². The Balaban J connectivity index is 2.01. The largest absolute Gasteiger partial charge is 0.313 e. The summed E-state index contributed by atoms with van der Waals surface area (Å²) in [5.41, 5.74) is 2.95. The molecule has 1 aliphatic rings. The first-order valence-electron chi connectivity index (χ1n) is 8.54. The lowest BCUT2D eigenvalue weighted by atomic mass is 9.75. The molecule has 1 aliphatic carbocycles. The molecular formula is C19H31N. The Kier molecular flexibility index (Phi) is 6.09. The zero-order chi connectivity index (χ0) is 14.4. The van der Waals surface area contributed by atoms with E-state index in [1.54, 1.807) is 0 Å². The third-order valence-electron chi connectivity index (χ3n) is 5.09. The van der Waals surface area contributed by atoms with Crippen LogP contribution < -0.4 is 5.32 Å². The van der Waals surface area contributed by atoms with Crippen LogP contribution >= 0.6 is 0 Å². The highest BCUT2D eigenvalue weighted by atomic mass is 14.9. The lowest BCUT2D eigenvalue weighted by Crippen LogP contribution is -2.28. The van der Waals surface area contributed by atoms with Gasteiger partial charge in [-0.05, 0) is 49.3 Å². The maximum atomic E-state index is 3.59. The summed E-state index contributed by atoms with van der Waals surface area (Å²) < 4.78 is 0. The van der Waals surface area contributed by atoms with Gasteiger partial charge in [0, 0.05) is 6.04 Å². The van der Waals surface area contributed by atoms with Crippen molar-refractivity contribution in [3.05, 3.63) is 35.4 Å². The summed E-state index contributed by atoms with van der Waals surface area (Å²) in [7, 11) is 2.13. The molecule has 1 fully saturated rings. The van der Waals surface area contributed by atoms with Crippen molar-refractivity contribution in [3.63, 3.8) is 0 Å². The van der Waals surface area contributed by atoms with E-state index in [9.17, 15) is 0 Å². The molecule has 0 aliphatic heterocycles. The summed E-state index contributed by atoms with van der Waals surface area (Å²) in [6.07, 6.45) is 9.58. The molecule has 1 heteroatoms. The van der Waals surface area contributed by atoms with Crippen molar-refractivity contribution in [1.29, 1.82) is 0 Å². The molecule has 0 heterocycles. The minimum atomic E-state index is 0.545. The Morgan fingerprint density at radius 1 is 1.15 bits per heavy atom. The van der Waals surface area contributed by atoms with Crippen molar-refractivity contribution in [2.75, 3.05) is 7.05 Å². The molecular weight excluding hydrogens is 242 g/mol. The van der Waals surface area contributed by atoms with E-state index in [0.29, 0.717) is 6.04 Å². The number of rotatable bonds is 6. The standard InChI is InChI=1S/C19H31N/c1-4-7-16-10-12-17(13-11-16)19(20-3)18-9-6-8-15(5-2)14-18/h6,8-9,14,16-17,19-20H,4-5,7,10-13H2,1-3H3. The summed E-state index contributed by atoms with van der Waals surface area (Å²) in [6, 6.07) is 9.72. The number of hydrogen-bond acceptors (Lipinski definition) is 1. The van der Waals surface area contributed by atoms with Gasteiger partial charge in [-0.15, -0.1) is 0 Å². The Morgan fingerprint density at radius 2 is 1.90 bits per heavy atom. The highest BCUT2D eigenvalue weighted by molar-refractivity contribution is 5.26. The summed E-state index contributed by atoms with van der Waals surface area (Å²) in [5.74, 6) is 1.82. The van der Waals surface area contributed by atoms with Crippen LogP contribution in [0.2, 0.25) is 0 Å². The van der Waals surface area contributed by atoms with Gasteiger partial charge in [-0.2, -0.15) is 0 Å². The van der Waals surface area contributed by atoms with Gasteiger partial charge >= 0.3 is 0 Å². The molecule has 2 rings (SSSR count). The molecule has 0 saturated heterocycles. The molecule has 0 bridgehead atoms. The zero-order valence-electron chi connectivity index (χ0n) is 13.5. The van der Waals surface area contributed by atoms with Crippen LogP contribution in [0.25, 0.3) is 0 Å². The Morgan fingerprint density at radius 3 is 2.50 bits per heavy atom. The lowest BCUT2D eigenvalue weighted by Gasteiger charge is -2.34. The number of hydrogen-bond donors (Lipinski definition) is 1. The second-order valence-corrected chi connectivity index (χ2v) is 6.43. The van der Waals surface area contributed by atoms with Crippen molar-refractivity contribution < 1.29 is 0 Å². The van der Waals surface area contributed by atoms with Gasteiger partial charge in [-0.25, -0.2) is 0 Å². The van der Waals surface area contributed by atoms with E-state index in [4.69, 9.17) is 0 Å². The highest BCUT2D eigenvalue weighted by Gasteiger charge is 2.27. The van der Waals surface area contributed by atoms with Crippen LogP contribution in [0.1, 0.15) is 69.5 Å². The first-order valence-corrected chi connectivity index (χ1v) is 8.54. The summed E-state index contributed by atoms with van der Waals surface area (Å²) >= 11 is 0. The minimum absolute atomic E-state index is 0.545. The average molecular weight is 273 g/mol. The van der Waals surface area contributed by atoms with Crippen LogP contribution in [0.3, 0.4) is 0 Å². The first-order chi connectivity index (χ1) is 9.78. The molecule has 0 aromatic heterocycles. The van der Waals surface area contributed by atoms with Gasteiger partial charge in [0.25, 0.3) is 0 Å². The Bertz CT molecular complexity index is 391. The quantitative estimate of drug-likeness (QED) is 0.759. The molecule has 112 valence electrons. The van der Waals surface area contributed by atoms with E-state index >= 15 is 0 Å². The van der Waals surface area contributed by atoms with Crippen LogP contribution in [0.15, 0.2) is 24.3 Å². The molecule has 20 heavy (non-hydrogen) atoms. The van der Waals surface area contributed by atoms with Gasteiger partial charge < -0.3 is 5.32 Å². The molecule has 0 radical (unpaired) electrons. The van der Waals surface area contributed by atoms with Gasteiger partial charge in [0.1, 0.15) is 0 Å². The molecule has 1 unspecified atom stereocenters. The molecule has 0 amide bonds. The number of aryl methyl sites for hydroxylation is 1. The number of benzene rings is 1. The third-order valence-corrected chi connectivity index (χ3v) is 5.09. The summed E-state index contributed by atoms with van der Waals surface area (Å²) in [4.78, 5) is 0. The van der Waals surface area contributed by atoms with E-state index in [1.165, 1.54) is 49.7 Å². The third kappa shape index (κ3) is 3.85. The highest BCUT2D eigenvalue weighted by Crippen LogP contribution is 2.38. The minimum Gasteiger partial charge on any atom is -0.313 e. The molecule has 1 atom stereocenters. The van der Waals surface area contributed by atoms with E-state index in [1.807, 2.05) is 0 Å². The Hall–Kier alpha value is -0.820. The van der Waals surface area contributed by atoms with Crippen LogP contribution in [0.4, 0.5) is 0 Å². The predicted molar refractivity (Wildman–Crippen MR) is 88.0 cm³/mol. The average Bonchev–Trinajstić information content (AvgIpc) is 2.50. The van der Waals surface area contributed by atoms with E-state index in [2.05, 4.69) is 50.5 Å². The fraction of sp³-hybridized carbons (Fsp3) is 0.684. The fourth-order valence-electron chi connectivity index (χ4n) is 3.90. The topological polar surface area (TPSA) is 12.0 Å². The summed E-state index contributed by atoms with van der Waals surface area (Å²) in [5, 5.41) is 3.59. The molecule has 1 aromatic rings. The fourth-order valence-corrected chi connectivity index (χ4v) is 3.90. The molecule has 1 N–H and O–H groups in total. The SMILES string of the molecule is CCCC1CCC(C(NC)c2cccc(CC)c2)CC1. The van der Waals surface area contributed by atoms with Crippen LogP contribution in [-0.4, -0.2) is 7.05 Å². The van der Waals surface area contributed by atoms with Crippen LogP contribution in [-0.2, 0) is 6.42 Å². The predicted octanol–water partition coefficient (Wildman–Crippen LogP) is 5.12. The smallest absolute Gasteiger partial charge is 0.0346 e. The Labute approximate surface area is 125 Å². The zero-order valence-corrected chi connectivity index (χ0v) is 13.5. The van der Waals surface area contributed by atoms with Gasteiger partial charge in [-0.1, -0.05) is 63.8 Å². The first kappa shape index (κ1) is 15.6. The number of nitrogens with one attached hydrogen (secondary N) is 1. The van der Waals surface area contributed by atoms with Crippen molar-refractivity contribution >= 4 is 0 Å². The lowest BCUT2D eigenvalue weighted by molar-refractivity contribution is 0.219. The van der Waals surface area contributed by atoms with Crippen molar-refractivity contribution in [1.82, 2.24) is 5.32 Å².